The number of nitrogens with zero attached hydrogens (tertiary/aromatic N) is 1. The second-order valence-corrected chi connectivity index (χ2v) is 4.04. The van der Waals surface area contributed by atoms with Crippen molar-refractivity contribution in [2.75, 3.05) is 13.1 Å². The first-order chi connectivity index (χ1) is 5.52. The van der Waals surface area contributed by atoms with Crippen molar-refractivity contribution >= 4 is 5.91 Å². The van der Waals surface area contributed by atoms with E-state index in [1.165, 1.54) is 0 Å². The monoisotopic (exact) mass is 170 g/mol. The van der Waals surface area contributed by atoms with Crippen LogP contribution in [0, 0.1) is 11.8 Å². The van der Waals surface area contributed by atoms with E-state index in [0.717, 1.165) is 13.1 Å². The van der Waals surface area contributed by atoms with Crippen LogP contribution in [0.2, 0.25) is 0 Å². The van der Waals surface area contributed by atoms with Crippen LogP contribution in [0.25, 0.3) is 0 Å². The molecule has 0 spiro atoms. The van der Waals surface area contributed by atoms with E-state index in [1.807, 2.05) is 4.90 Å². The first-order valence-corrected chi connectivity index (χ1v) is 4.56. The summed E-state index contributed by atoms with van der Waals surface area (Å²) in [5.74, 6) is 1.46. The number of carbonyl (C=O) groups is 1. The van der Waals surface area contributed by atoms with Gasteiger partial charge in [-0.1, -0.05) is 13.8 Å². The zero-order chi connectivity index (χ0) is 9.30. The van der Waals surface area contributed by atoms with Gasteiger partial charge < -0.3 is 10.6 Å². The largest absolute Gasteiger partial charge is 0.341 e. The number of likely N-dealkylation sites (tertiary alicyclic amines) is 1. The van der Waals surface area contributed by atoms with Gasteiger partial charge in [0.2, 0.25) is 5.91 Å². The van der Waals surface area contributed by atoms with Crippen molar-refractivity contribution in [3.8, 4) is 0 Å². The van der Waals surface area contributed by atoms with Crippen LogP contribution in [0.5, 0.6) is 0 Å². The van der Waals surface area contributed by atoms with Crippen LogP contribution >= 0.6 is 0 Å². The molecule has 12 heavy (non-hydrogen) atoms. The molecule has 0 bridgehead atoms. The minimum absolute atomic E-state index is 0.0897. The molecule has 1 aliphatic heterocycles. The molecule has 1 unspecified atom stereocenters. The molecular weight excluding hydrogens is 152 g/mol. The lowest BCUT2D eigenvalue weighted by atomic mass is 9.88. The van der Waals surface area contributed by atoms with Crippen LogP contribution < -0.4 is 5.73 Å². The summed E-state index contributed by atoms with van der Waals surface area (Å²) in [6, 6.07) is -0.335. The van der Waals surface area contributed by atoms with E-state index in [9.17, 15) is 4.79 Å². The second-order valence-electron chi connectivity index (χ2n) is 4.04. The summed E-state index contributed by atoms with van der Waals surface area (Å²) >= 11 is 0. The molecule has 1 atom stereocenters. The van der Waals surface area contributed by atoms with Gasteiger partial charge in [-0.05, 0) is 18.8 Å². The Morgan fingerprint density at radius 3 is 2.25 bits per heavy atom. The molecule has 0 aromatic rings. The molecule has 0 aliphatic carbocycles. The van der Waals surface area contributed by atoms with Crippen molar-refractivity contribution in [2.24, 2.45) is 17.6 Å². The van der Waals surface area contributed by atoms with Gasteiger partial charge in [0.05, 0.1) is 6.04 Å². The molecule has 0 radical (unpaired) electrons. The molecule has 2 N–H and O–H groups in total. The Balaban J connectivity index is 2.30. The predicted octanol–water partition coefficient (Wildman–Crippen LogP) is 0.448. The van der Waals surface area contributed by atoms with E-state index in [0.29, 0.717) is 11.8 Å². The van der Waals surface area contributed by atoms with Crippen molar-refractivity contribution < 1.29 is 4.79 Å². The highest BCUT2D eigenvalue weighted by Gasteiger charge is 2.33. The summed E-state index contributed by atoms with van der Waals surface area (Å²) in [5, 5.41) is 0. The first-order valence-electron chi connectivity index (χ1n) is 4.56. The number of carbonyl (C=O) groups excluding carboxylic acids is 1. The van der Waals surface area contributed by atoms with Gasteiger partial charge in [-0.15, -0.1) is 0 Å². The Morgan fingerprint density at radius 2 is 1.92 bits per heavy atom. The molecule has 1 amide bonds. The number of hydrogen-bond donors (Lipinski definition) is 1. The molecule has 0 aromatic carbocycles. The second kappa shape index (κ2) is 3.44. The van der Waals surface area contributed by atoms with Crippen molar-refractivity contribution in [3.05, 3.63) is 0 Å². The standard InChI is InChI=1S/C9H18N2O/c1-6(2)8-4-11(5-8)9(12)7(3)10/h6-8H,4-5,10H2,1-3H3. The van der Waals surface area contributed by atoms with Crippen molar-refractivity contribution in [1.29, 1.82) is 0 Å². The highest BCUT2D eigenvalue weighted by molar-refractivity contribution is 5.81. The molecule has 1 fully saturated rings. The third-order valence-corrected chi connectivity index (χ3v) is 2.55. The maximum atomic E-state index is 11.3. The van der Waals surface area contributed by atoms with Crippen LogP contribution in [-0.4, -0.2) is 29.9 Å². The van der Waals surface area contributed by atoms with Crippen molar-refractivity contribution in [1.82, 2.24) is 4.90 Å². The van der Waals surface area contributed by atoms with Gasteiger partial charge in [-0.25, -0.2) is 0 Å². The van der Waals surface area contributed by atoms with E-state index >= 15 is 0 Å². The molecule has 1 heterocycles. The maximum Gasteiger partial charge on any atom is 0.239 e. The minimum Gasteiger partial charge on any atom is -0.341 e. The van der Waals surface area contributed by atoms with E-state index in [2.05, 4.69) is 13.8 Å². The summed E-state index contributed by atoms with van der Waals surface area (Å²) in [6.45, 7) is 7.93. The SMILES string of the molecule is CC(N)C(=O)N1CC(C(C)C)C1. The Kier molecular flexibility index (Phi) is 2.73. The third-order valence-electron chi connectivity index (χ3n) is 2.55. The molecule has 1 aliphatic rings. The molecule has 0 aromatic heterocycles. The van der Waals surface area contributed by atoms with Crippen LogP contribution in [0.15, 0.2) is 0 Å². The van der Waals surface area contributed by atoms with Crippen molar-refractivity contribution in [3.63, 3.8) is 0 Å². The molecule has 1 rings (SSSR count). The zero-order valence-electron chi connectivity index (χ0n) is 8.08. The summed E-state index contributed by atoms with van der Waals surface area (Å²) in [7, 11) is 0. The summed E-state index contributed by atoms with van der Waals surface area (Å²) in [6.07, 6.45) is 0. The number of amides is 1. The molecular formula is C9H18N2O. The van der Waals surface area contributed by atoms with Gasteiger partial charge in [0.15, 0.2) is 0 Å². The summed E-state index contributed by atoms with van der Waals surface area (Å²) in [5.41, 5.74) is 5.48. The normalized spacial score (nSPS) is 20.9. The highest BCUT2D eigenvalue weighted by Crippen LogP contribution is 2.23. The lowest BCUT2D eigenvalue weighted by molar-refractivity contribution is -0.139. The van der Waals surface area contributed by atoms with Gasteiger partial charge in [-0.3, -0.25) is 4.79 Å². The predicted molar refractivity (Wildman–Crippen MR) is 48.6 cm³/mol. The minimum atomic E-state index is -0.335. The lowest BCUT2D eigenvalue weighted by Gasteiger charge is -2.42. The Labute approximate surface area is 73.9 Å². The lowest BCUT2D eigenvalue weighted by Crippen LogP contribution is -2.55. The zero-order valence-corrected chi connectivity index (χ0v) is 8.08. The van der Waals surface area contributed by atoms with E-state index < -0.39 is 0 Å². The van der Waals surface area contributed by atoms with Crippen LogP contribution in [0.1, 0.15) is 20.8 Å². The fourth-order valence-electron chi connectivity index (χ4n) is 1.40. The van der Waals surface area contributed by atoms with Gasteiger partial charge in [0.25, 0.3) is 0 Å². The van der Waals surface area contributed by atoms with Crippen LogP contribution in [-0.2, 0) is 4.79 Å². The average molecular weight is 170 g/mol. The van der Waals surface area contributed by atoms with E-state index in [-0.39, 0.29) is 11.9 Å². The van der Waals surface area contributed by atoms with Crippen LogP contribution in [0.4, 0.5) is 0 Å². The topological polar surface area (TPSA) is 46.3 Å². The Bertz CT molecular complexity index is 171. The summed E-state index contributed by atoms with van der Waals surface area (Å²) < 4.78 is 0. The number of hydrogen-bond acceptors (Lipinski definition) is 2. The third kappa shape index (κ3) is 1.78. The average Bonchev–Trinajstić information content (AvgIpc) is 1.82. The van der Waals surface area contributed by atoms with E-state index in [1.54, 1.807) is 6.92 Å². The molecule has 0 saturated carbocycles. The van der Waals surface area contributed by atoms with Crippen LogP contribution in [0.3, 0.4) is 0 Å². The fraction of sp³-hybridized carbons (Fsp3) is 0.889. The van der Waals surface area contributed by atoms with Gasteiger partial charge >= 0.3 is 0 Å². The Morgan fingerprint density at radius 1 is 1.42 bits per heavy atom. The first kappa shape index (κ1) is 9.52. The van der Waals surface area contributed by atoms with Crippen molar-refractivity contribution in [2.45, 2.75) is 26.8 Å². The molecule has 3 heteroatoms. The smallest absolute Gasteiger partial charge is 0.239 e. The van der Waals surface area contributed by atoms with E-state index in [4.69, 9.17) is 5.73 Å². The summed E-state index contributed by atoms with van der Waals surface area (Å²) in [4.78, 5) is 13.1. The molecule has 1 saturated heterocycles. The van der Waals surface area contributed by atoms with Gasteiger partial charge in [0.1, 0.15) is 0 Å². The molecule has 70 valence electrons. The number of rotatable bonds is 2. The van der Waals surface area contributed by atoms with Gasteiger partial charge in [0, 0.05) is 13.1 Å². The quantitative estimate of drug-likeness (QED) is 0.654. The fourth-order valence-corrected chi connectivity index (χ4v) is 1.40. The molecule has 3 nitrogen and oxygen atoms in total. The highest BCUT2D eigenvalue weighted by atomic mass is 16.2. The Hall–Kier alpha value is -0.570. The maximum absolute atomic E-state index is 11.3. The van der Waals surface area contributed by atoms with Gasteiger partial charge in [-0.2, -0.15) is 0 Å². The number of nitrogens with two attached hydrogens (primary N) is 1.